The van der Waals surface area contributed by atoms with E-state index in [9.17, 15) is 20.1 Å². The summed E-state index contributed by atoms with van der Waals surface area (Å²) in [6.45, 7) is 3.31. The predicted molar refractivity (Wildman–Crippen MR) is 71.3 cm³/mol. The first-order valence-corrected chi connectivity index (χ1v) is 6.50. The summed E-state index contributed by atoms with van der Waals surface area (Å²) in [5.41, 5.74) is 1.26. The van der Waals surface area contributed by atoms with Crippen molar-refractivity contribution >= 4 is 5.78 Å². The van der Waals surface area contributed by atoms with Crippen molar-refractivity contribution in [3.8, 4) is 0 Å². The number of rotatable bonds is 2. The van der Waals surface area contributed by atoms with Gasteiger partial charge in [0, 0.05) is 11.8 Å². The lowest BCUT2D eigenvalue weighted by Crippen LogP contribution is -2.45. The van der Waals surface area contributed by atoms with Crippen LogP contribution in [0.2, 0.25) is 0 Å². The Hall–Kier alpha value is -1.23. The van der Waals surface area contributed by atoms with Crippen molar-refractivity contribution in [2.45, 2.75) is 26.4 Å². The molecule has 0 saturated carbocycles. The first-order chi connectivity index (χ1) is 8.94. The van der Waals surface area contributed by atoms with E-state index in [1.165, 1.54) is 0 Å². The van der Waals surface area contributed by atoms with E-state index in [2.05, 4.69) is 0 Å². The minimum Gasteiger partial charge on any atom is -0.392 e. The van der Waals surface area contributed by atoms with Gasteiger partial charge in [0.05, 0.1) is 19.3 Å². The number of aliphatic hydroxyl groups excluding tert-OH is 3. The van der Waals surface area contributed by atoms with Crippen LogP contribution in [0.15, 0.2) is 34.9 Å². The Morgan fingerprint density at radius 3 is 2.58 bits per heavy atom. The molecule has 0 aromatic heterocycles. The van der Waals surface area contributed by atoms with Crippen LogP contribution in [0.5, 0.6) is 0 Å². The fourth-order valence-electron chi connectivity index (χ4n) is 2.98. The molecule has 0 spiro atoms. The number of hydrogen-bond acceptors (Lipinski definition) is 4. The van der Waals surface area contributed by atoms with Gasteiger partial charge in [0.25, 0.3) is 0 Å². The Kier molecular flexibility index (Phi) is 3.76. The van der Waals surface area contributed by atoms with Gasteiger partial charge in [-0.3, -0.25) is 4.79 Å². The third kappa shape index (κ3) is 2.10. The molecule has 0 bridgehead atoms. The molecule has 0 saturated heterocycles. The molecule has 3 unspecified atom stereocenters. The van der Waals surface area contributed by atoms with Gasteiger partial charge in [-0.25, -0.2) is 0 Å². The fraction of sp³-hybridized carbons (Fsp3) is 0.533. The molecule has 0 aliphatic heterocycles. The van der Waals surface area contributed by atoms with Crippen molar-refractivity contribution in [3.05, 3.63) is 34.9 Å². The summed E-state index contributed by atoms with van der Waals surface area (Å²) in [6, 6.07) is 0. The molecule has 2 aliphatic rings. The molecular weight excluding hydrogens is 244 g/mol. The second-order valence-corrected chi connectivity index (χ2v) is 5.56. The normalized spacial score (nSPS) is 34.1. The molecule has 0 amide bonds. The number of hydrogen-bond donors (Lipinski definition) is 3. The Labute approximate surface area is 112 Å². The SMILES string of the molecule is CC1CC(=O)C=C2C=CC(=C(CO)CO)C(O)C21C. The lowest BCUT2D eigenvalue weighted by molar-refractivity contribution is -0.117. The summed E-state index contributed by atoms with van der Waals surface area (Å²) in [5.74, 6) is 0.0855. The molecule has 19 heavy (non-hydrogen) atoms. The van der Waals surface area contributed by atoms with Crippen LogP contribution >= 0.6 is 0 Å². The van der Waals surface area contributed by atoms with Gasteiger partial charge in [0.1, 0.15) is 0 Å². The number of fused-ring (bicyclic) bond motifs is 1. The van der Waals surface area contributed by atoms with Gasteiger partial charge < -0.3 is 15.3 Å². The van der Waals surface area contributed by atoms with Gasteiger partial charge in [-0.1, -0.05) is 26.0 Å². The summed E-state index contributed by atoms with van der Waals surface area (Å²) in [4.78, 5) is 11.6. The van der Waals surface area contributed by atoms with Crippen LogP contribution in [0.1, 0.15) is 20.3 Å². The van der Waals surface area contributed by atoms with Gasteiger partial charge in [-0.05, 0) is 28.7 Å². The first-order valence-electron chi connectivity index (χ1n) is 6.50. The van der Waals surface area contributed by atoms with Gasteiger partial charge >= 0.3 is 0 Å². The number of carbonyl (C=O) groups is 1. The largest absolute Gasteiger partial charge is 0.392 e. The van der Waals surface area contributed by atoms with Gasteiger partial charge in [0.2, 0.25) is 0 Å². The van der Waals surface area contributed by atoms with Crippen LogP contribution in [0.3, 0.4) is 0 Å². The summed E-state index contributed by atoms with van der Waals surface area (Å²) in [6.07, 6.45) is 4.67. The number of carbonyl (C=O) groups excluding carboxylic acids is 1. The second-order valence-electron chi connectivity index (χ2n) is 5.56. The van der Waals surface area contributed by atoms with Crippen molar-refractivity contribution in [2.24, 2.45) is 11.3 Å². The fourth-order valence-corrected chi connectivity index (χ4v) is 2.98. The zero-order chi connectivity index (χ0) is 14.2. The first kappa shape index (κ1) is 14.2. The minimum absolute atomic E-state index is 0.00795. The lowest BCUT2D eigenvalue weighted by Gasteiger charge is -2.46. The third-order valence-corrected chi connectivity index (χ3v) is 4.56. The smallest absolute Gasteiger partial charge is 0.156 e. The van der Waals surface area contributed by atoms with Crippen LogP contribution in [-0.4, -0.2) is 40.4 Å². The average molecular weight is 264 g/mol. The highest BCUT2D eigenvalue weighted by atomic mass is 16.3. The summed E-state index contributed by atoms with van der Waals surface area (Å²) >= 11 is 0. The molecule has 0 aromatic rings. The molecule has 0 aromatic carbocycles. The maximum absolute atomic E-state index is 11.6. The molecule has 3 N–H and O–H groups in total. The molecule has 104 valence electrons. The molecule has 4 nitrogen and oxygen atoms in total. The molecule has 2 aliphatic carbocycles. The topological polar surface area (TPSA) is 77.8 Å². The van der Waals surface area contributed by atoms with Crippen LogP contribution in [0.25, 0.3) is 0 Å². The van der Waals surface area contributed by atoms with Crippen molar-refractivity contribution in [1.82, 2.24) is 0 Å². The molecule has 3 atom stereocenters. The molecule has 0 fully saturated rings. The summed E-state index contributed by atoms with van der Waals surface area (Å²) in [5, 5.41) is 29.1. The van der Waals surface area contributed by atoms with Crippen LogP contribution in [0, 0.1) is 11.3 Å². The van der Waals surface area contributed by atoms with E-state index in [1.807, 2.05) is 13.8 Å². The number of ketones is 1. The van der Waals surface area contributed by atoms with Gasteiger partial charge in [-0.15, -0.1) is 0 Å². The molecule has 0 heterocycles. The van der Waals surface area contributed by atoms with E-state index < -0.39 is 11.5 Å². The van der Waals surface area contributed by atoms with Crippen LogP contribution in [-0.2, 0) is 4.79 Å². The Morgan fingerprint density at radius 1 is 1.37 bits per heavy atom. The van der Waals surface area contributed by atoms with Gasteiger partial charge in [0.15, 0.2) is 5.78 Å². The van der Waals surface area contributed by atoms with Crippen molar-refractivity contribution < 1.29 is 20.1 Å². The maximum atomic E-state index is 11.6. The summed E-state index contributed by atoms with van der Waals surface area (Å²) in [7, 11) is 0. The zero-order valence-corrected chi connectivity index (χ0v) is 11.3. The van der Waals surface area contributed by atoms with E-state index in [-0.39, 0.29) is 24.9 Å². The third-order valence-electron chi connectivity index (χ3n) is 4.56. The van der Waals surface area contributed by atoms with Crippen molar-refractivity contribution in [2.75, 3.05) is 13.2 Å². The highest BCUT2D eigenvalue weighted by molar-refractivity contribution is 5.92. The maximum Gasteiger partial charge on any atom is 0.156 e. The van der Waals surface area contributed by atoms with E-state index in [4.69, 9.17) is 0 Å². The molecule has 4 heteroatoms. The van der Waals surface area contributed by atoms with E-state index >= 15 is 0 Å². The van der Waals surface area contributed by atoms with E-state index in [0.717, 1.165) is 5.57 Å². The standard InChI is InChI=1S/C15H20O4/c1-9-5-12(18)6-11-3-4-13(10(7-16)8-17)14(19)15(9,11)2/h3-4,6,9,14,16-17,19H,5,7-8H2,1-2H3. The van der Waals surface area contributed by atoms with Crippen molar-refractivity contribution in [1.29, 1.82) is 0 Å². The molecule has 0 radical (unpaired) electrons. The quantitative estimate of drug-likeness (QED) is 0.687. The highest BCUT2D eigenvalue weighted by Crippen LogP contribution is 2.49. The Balaban J connectivity index is 2.57. The van der Waals surface area contributed by atoms with Crippen molar-refractivity contribution in [3.63, 3.8) is 0 Å². The molecular formula is C15H20O4. The van der Waals surface area contributed by atoms with E-state index in [0.29, 0.717) is 17.6 Å². The van der Waals surface area contributed by atoms with Crippen LogP contribution in [0.4, 0.5) is 0 Å². The second kappa shape index (κ2) is 5.04. The van der Waals surface area contributed by atoms with E-state index in [1.54, 1.807) is 18.2 Å². The van der Waals surface area contributed by atoms with Gasteiger partial charge in [-0.2, -0.15) is 0 Å². The summed E-state index contributed by atoms with van der Waals surface area (Å²) < 4.78 is 0. The number of aliphatic hydroxyl groups is 3. The highest BCUT2D eigenvalue weighted by Gasteiger charge is 2.47. The average Bonchev–Trinajstić information content (AvgIpc) is 2.37. The number of allylic oxidation sites excluding steroid dienone is 2. The predicted octanol–water partition coefficient (Wildman–Crippen LogP) is 0.740. The monoisotopic (exact) mass is 264 g/mol. The Morgan fingerprint density at radius 2 is 2.00 bits per heavy atom. The molecule has 2 rings (SSSR count). The zero-order valence-electron chi connectivity index (χ0n) is 11.3. The lowest BCUT2D eigenvalue weighted by atomic mass is 9.59. The Bertz CT molecular complexity index is 480. The van der Waals surface area contributed by atoms with Crippen LogP contribution < -0.4 is 0 Å². The minimum atomic E-state index is -0.818.